The highest BCUT2D eigenvalue weighted by Crippen LogP contribution is 2.41. The minimum atomic E-state index is -2.81. The Labute approximate surface area is 118 Å². The highest BCUT2D eigenvalue weighted by molar-refractivity contribution is 5.49. The third-order valence-corrected chi connectivity index (χ3v) is 3.87. The fraction of sp³-hybridized carbons (Fsp3) is 0.375. The standard InChI is InChI=1S/C16H19F2NO/c1-9-11(3)19-12(4)10(2)15(9)13-7-5-6-8-14(13)20-16(17)18/h5-8,15-16,19H,1-4H3. The number of halogens is 2. The van der Waals surface area contributed by atoms with Crippen molar-refractivity contribution < 1.29 is 13.5 Å². The van der Waals surface area contributed by atoms with Crippen molar-refractivity contribution in [3.8, 4) is 5.75 Å². The van der Waals surface area contributed by atoms with E-state index < -0.39 is 6.61 Å². The lowest BCUT2D eigenvalue weighted by atomic mass is 9.82. The van der Waals surface area contributed by atoms with Gasteiger partial charge in [0.15, 0.2) is 0 Å². The molecular weight excluding hydrogens is 260 g/mol. The zero-order chi connectivity index (χ0) is 14.9. The van der Waals surface area contributed by atoms with E-state index in [0.717, 1.165) is 28.1 Å². The van der Waals surface area contributed by atoms with E-state index in [1.807, 2.05) is 39.8 Å². The summed E-state index contributed by atoms with van der Waals surface area (Å²) in [6, 6.07) is 7.00. The summed E-state index contributed by atoms with van der Waals surface area (Å²) in [5.41, 5.74) is 5.15. The zero-order valence-electron chi connectivity index (χ0n) is 12.1. The molecule has 4 heteroatoms. The number of benzene rings is 1. The van der Waals surface area contributed by atoms with Crippen LogP contribution < -0.4 is 10.1 Å². The van der Waals surface area contributed by atoms with E-state index >= 15 is 0 Å². The average Bonchev–Trinajstić information content (AvgIpc) is 2.38. The second-order valence-corrected chi connectivity index (χ2v) is 5.09. The monoisotopic (exact) mass is 279 g/mol. The summed E-state index contributed by atoms with van der Waals surface area (Å²) >= 11 is 0. The van der Waals surface area contributed by atoms with Gasteiger partial charge in [0.05, 0.1) is 0 Å². The van der Waals surface area contributed by atoms with Gasteiger partial charge in [-0.1, -0.05) is 18.2 Å². The van der Waals surface area contributed by atoms with Crippen LogP contribution >= 0.6 is 0 Å². The molecule has 1 aromatic carbocycles. The summed E-state index contributed by atoms with van der Waals surface area (Å²) in [7, 11) is 0. The molecule has 1 heterocycles. The molecule has 0 bridgehead atoms. The van der Waals surface area contributed by atoms with E-state index in [-0.39, 0.29) is 11.7 Å². The second kappa shape index (κ2) is 5.65. The van der Waals surface area contributed by atoms with Gasteiger partial charge in [0.1, 0.15) is 5.75 Å². The maximum Gasteiger partial charge on any atom is 0.387 e. The van der Waals surface area contributed by atoms with Crippen molar-refractivity contribution in [3.63, 3.8) is 0 Å². The predicted molar refractivity (Wildman–Crippen MR) is 75.7 cm³/mol. The molecule has 0 fully saturated rings. The molecule has 1 aromatic rings. The first-order valence-electron chi connectivity index (χ1n) is 6.57. The van der Waals surface area contributed by atoms with Gasteiger partial charge in [0.2, 0.25) is 0 Å². The molecule has 1 aliphatic rings. The molecule has 2 rings (SSSR count). The molecule has 0 radical (unpaired) electrons. The molecule has 0 atom stereocenters. The molecule has 20 heavy (non-hydrogen) atoms. The molecular formula is C16H19F2NO. The summed E-state index contributed by atoms with van der Waals surface area (Å²) in [4.78, 5) is 0. The molecule has 0 aromatic heterocycles. The number of dihydropyridines is 1. The van der Waals surface area contributed by atoms with E-state index in [1.54, 1.807) is 12.1 Å². The first-order valence-corrected chi connectivity index (χ1v) is 6.57. The van der Waals surface area contributed by atoms with Crippen LogP contribution in [0.3, 0.4) is 0 Å². The van der Waals surface area contributed by atoms with Gasteiger partial charge in [-0.05, 0) is 44.9 Å². The Bertz CT molecular complexity index is 552. The van der Waals surface area contributed by atoms with Crippen LogP contribution in [-0.4, -0.2) is 6.61 Å². The summed E-state index contributed by atoms with van der Waals surface area (Å²) in [5, 5.41) is 3.31. The number of para-hydroxylation sites is 1. The quantitative estimate of drug-likeness (QED) is 0.875. The van der Waals surface area contributed by atoms with E-state index in [9.17, 15) is 8.78 Å². The van der Waals surface area contributed by atoms with Gasteiger partial charge in [0, 0.05) is 22.9 Å². The second-order valence-electron chi connectivity index (χ2n) is 5.09. The van der Waals surface area contributed by atoms with Gasteiger partial charge in [-0.2, -0.15) is 8.78 Å². The van der Waals surface area contributed by atoms with Crippen molar-refractivity contribution in [1.82, 2.24) is 5.32 Å². The van der Waals surface area contributed by atoms with Crippen LogP contribution in [0.15, 0.2) is 46.8 Å². The molecule has 2 nitrogen and oxygen atoms in total. The highest BCUT2D eigenvalue weighted by Gasteiger charge is 2.26. The van der Waals surface area contributed by atoms with Crippen LogP contribution in [0.5, 0.6) is 5.75 Å². The number of rotatable bonds is 3. The number of hydrogen-bond donors (Lipinski definition) is 1. The Morgan fingerprint density at radius 2 is 1.55 bits per heavy atom. The normalized spacial score (nSPS) is 16.8. The first-order chi connectivity index (χ1) is 9.41. The smallest absolute Gasteiger partial charge is 0.387 e. The summed E-state index contributed by atoms with van der Waals surface area (Å²) in [5.74, 6) is 0.222. The van der Waals surface area contributed by atoms with Crippen molar-refractivity contribution in [2.24, 2.45) is 0 Å². The molecule has 0 saturated carbocycles. The van der Waals surface area contributed by atoms with Crippen LogP contribution in [0.2, 0.25) is 0 Å². The molecule has 1 N–H and O–H groups in total. The van der Waals surface area contributed by atoms with Gasteiger partial charge >= 0.3 is 6.61 Å². The minimum absolute atomic E-state index is 0.0220. The Hall–Kier alpha value is -1.84. The topological polar surface area (TPSA) is 21.3 Å². The minimum Gasteiger partial charge on any atom is -0.435 e. The van der Waals surface area contributed by atoms with Crippen LogP contribution in [-0.2, 0) is 0 Å². The number of allylic oxidation sites excluding steroid dienone is 4. The van der Waals surface area contributed by atoms with Gasteiger partial charge in [-0.3, -0.25) is 0 Å². The van der Waals surface area contributed by atoms with Crippen molar-refractivity contribution >= 4 is 0 Å². The van der Waals surface area contributed by atoms with Crippen molar-refractivity contribution in [1.29, 1.82) is 0 Å². The molecule has 0 aliphatic carbocycles. The van der Waals surface area contributed by atoms with Gasteiger partial charge in [-0.15, -0.1) is 0 Å². The van der Waals surface area contributed by atoms with Crippen LogP contribution in [0, 0.1) is 0 Å². The number of alkyl halides is 2. The van der Waals surface area contributed by atoms with Crippen molar-refractivity contribution in [2.45, 2.75) is 40.2 Å². The Kier molecular flexibility index (Phi) is 4.12. The Balaban J connectivity index is 2.52. The lowest BCUT2D eigenvalue weighted by Crippen LogP contribution is -2.22. The molecule has 108 valence electrons. The van der Waals surface area contributed by atoms with Gasteiger partial charge < -0.3 is 10.1 Å². The third-order valence-electron chi connectivity index (χ3n) is 3.87. The van der Waals surface area contributed by atoms with E-state index in [4.69, 9.17) is 0 Å². The summed E-state index contributed by atoms with van der Waals surface area (Å²) < 4.78 is 29.8. The molecule has 0 unspecified atom stereocenters. The molecule has 0 spiro atoms. The zero-order valence-corrected chi connectivity index (χ0v) is 12.1. The predicted octanol–water partition coefficient (Wildman–Crippen LogP) is 4.56. The summed E-state index contributed by atoms with van der Waals surface area (Å²) in [6.07, 6.45) is 0. The number of hydrogen-bond acceptors (Lipinski definition) is 2. The van der Waals surface area contributed by atoms with Crippen molar-refractivity contribution in [3.05, 3.63) is 52.4 Å². The Morgan fingerprint density at radius 3 is 2.10 bits per heavy atom. The number of nitrogens with one attached hydrogen (secondary N) is 1. The molecule has 0 amide bonds. The Morgan fingerprint density at radius 1 is 1.00 bits per heavy atom. The summed E-state index contributed by atoms with van der Waals surface area (Å²) in [6.45, 7) is 5.21. The van der Waals surface area contributed by atoms with Crippen LogP contribution in [0.25, 0.3) is 0 Å². The lowest BCUT2D eigenvalue weighted by molar-refractivity contribution is -0.0505. The SMILES string of the molecule is CC1=C(C)C(c2ccccc2OC(F)F)C(C)=C(C)N1. The van der Waals surface area contributed by atoms with E-state index in [1.165, 1.54) is 0 Å². The van der Waals surface area contributed by atoms with Crippen molar-refractivity contribution in [2.75, 3.05) is 0 Å². The largest absolute Gasteiger partial charge is 0.435 e. The first kappa shape index (κ1) is 14.6. The van der Waals surface area contributed by atoms with Gasteiger partial charge in [0.25, 0.3) is 0 Å². The molecule has 0 saturated heterocycles. The van der Waals surface area contributed by atoms with Crippen LogP contribution in [0.1, 0.15) is 39.2 Å². The highest BCUT2D eigenvalue weighted by atomic mass is 19.3. The molecule has 1 aliphatic heterocycles. The number of ether oxygens (including phenoxy) is 1. The third kappa shape index (κ3) is 2.69. The maximum atomic E-state index is 12.6. The maximum absolute atomic E-state index is 12.6. The van der Waals surface area contributed by atoms with Crippen LogP contribution in [0.4, 0.5) is 8.78 Å². The fourth-order valence-corrected chi connectivity index (χ4v) is 2.63. The average molecular weight is 279 g/mol. The van der Waals surface area contributed by atoms with E-state index in [0.29, 0.717) is 0 Å². The van der Waals surface area contributed by atoms with E-state index in [2.05, 4.69) is 10.1 Å². The fourth-order valence-electron chi connectivity index (χ4n) is 2.63. The lowest BCUT2D eigenvalue weighted by Gasteiger charge is -2.30. The van der Waals surface area contributed by atoms with Gasteiger partial charge in [-0.25, -0.2) is 0 Å².